The van der Waals surface area contributed by atoms with Crippen LogP contribution in [0.3, 0.4) is 0 Å². The van der Waals surface area contributed by atoms with Crippen molar-refractivity contribution >= 4 is 32.7 Å². The molecule has 32 heavy (non-hydrogen) atoms. The number of carbonyl (C=O) groups excluding carboxylic acids is 1. The molecule has 3 aromatic rings. The van der Waals surface area contributed by atoms with Gasteiger partial charge in [-0.25, -0.2) is 9.97 Å². The van der Waals surface area contributed by atoms with Gasteiger partial charge in [0, 0.05) is 27.2 Å². The summed E-state index contributed by atoms with van der Waals surface area (Å²) in [5.74, 6) is -4.24. The van der Waals surface area contributed by atoms with Crippen molar-refractivity contribution in [1.82, 2.24) is 19.9 Å². The van der Waals surface area contributed by atoms with Crippen LogP contribution in [0.2, 0.25) is 0 Å². The molecule has 3 heterocycles. The number of nitrogens with one attached hydrogen (secondary N) is 1. The second-order valence-electron chi connectivity index (χ2n) is 7.64. The highest BCUT2D eigenvalue weighted by molar-refractivity contribution is 7.21. The fourth-order valence-corrected chi connectivity index (χ4v) is 4.82. The number of hydrogen-bond acceptors (Lipinski definition) is 7. The lowest BCUT2D eigenvalue weighted by Crippen LogP contribution is -2.43. The molecule has 1 unspecified atom stereocenters. The van der Waals surface area contributed by atoms with Gasteiger partial charge in [0.25, 0.3) is 5.56 Å². The van der Waals surface area contributed by atoms with Crippen LogP contribution in [0.25, 0.3) is 10.3 Å². The molecule has 8 nitrogen and oxygen atoms in total. The number of benzene rings is 1. The Morgan fingerprint density at radius 3 is 2.78 bits per heavy atom. The average molecular weight is 464 g/mol. The number of ether oxygens (including phenoxy) is 1. The van der Waals surface area contributed by atoms with Crippen LogP contribution in [0.4, 0.5) is 13.9 Å². The Labute approximate surface area is 186 Å². The highest BCUT2D eigenvalue weighted by Gasteiger charge is 2.38. The van der Waals surface area contributed by atoms with Crippen molar-refractivity contribution in [2.24, 2.45) is 7.05 Å². The van der Waals surface area contributed by atoms with E-state index in [0.29, 0.717) is 24.6 Å². The molecule has 0 aliphatic carbocycles. The molecule has 11 heteroatoms. The van der Waals surface area contributed by atoms with Crippen LogP contribution in [-0.2, 0) is 29.0 Å². The van der Waals surface area contributed by atoms with Crippen molar-refractivity contribution < 1.29 is 18.3 Å². The van der Waals surface area contributed by atoms with Gasteiger partial charge >= 0.3 is 5.92 Å². The van der Waals surface area contributed by atoms with E-state index in [2.05, 4.69) is 20.0 Å². The number of nitrogens with zero attached hydrogens (tertiary/aromatic N) is 4. The topological polar surface area (TPSA) is 89.3 Å². The second-order valence-corrected chi connectivity index (χ2v) is 8.60. The van der Waals surface area contributed by atoms with Crippen LogP contribution >= 0.6 is 11.3 Å². The molecule has 0 spiro atoms. The van der Waals surface area contributed by atoms with Gasteiger partial charge in [-0.05, 0) is 18.4 Å². The van der Waals surface area contributed by atoms with Crippen LogP contribution in [0, 0.1) is 0 Å². The van der Waals surface area contributed by atoms with E-state index < -0.39 is 30.0 Å². The van der Waals surface area contributed by atoms with Gasteiger partial charge in [-0.2, -0.15) is 8.78 Å². The van der Waals surface area contributed by atoms with Crippen molar-refractivity contribution in [2.45, 2.75) is 31.4 Å². The molecule has 2 aromatic heterocycles. The lowest BCUT2D eigenvalue weighted by molar-refractivity contribution is -0.122. The van der Waals surface area contributed by atoms with Crippen LogP contribution in [0.1, 0.15) is 24.2 Å². The minimum Gasteiger partial charge on any atom is -0.378 e. The number of thiazole rings is 1. The summed E-state index contributed by atoms with van der Waals surface area (Å²) < 4.78 is 34.2. The minimum absolute atomic E-state index is 0.0137. The number of rotatable bonds is 7. The van der Waals surface area contributed by atoms with E-state index in [-0.39, 0.29) is 16.3 Å². The summed E-state index contributed by atoms with van der Waals surface area (Å²) in [6.45, 7) is 0.0976. The number of aromatic nitrogens is 3. The molecule has 1 N–H and O–H groups in total. The Hall–Kier alpha value is -2.92. The first kappa shape index (κ1) is 22.3. The molecule has 1 saturated heterocycles. The van der Waals surface area contributed by atoms with E-state index >= 15 is 0 Å². The van der Waals surface area contributed by atoms with Crippen LogP contribution in [-0.4, -0.2) is 46.7 Å². The van der Waals surface area contributed by atoms with Gasteiger partial charge in [0.2, 0.25) is 5.91 Å². The molecule has 0 radical (unpaired) electrons. The Morgan fingerprint density at radius 2 is 2.06 bits per heavy atom. The zero-order valence-corrected chi connectivity index (χ0v) is 18.5. The average Bonchev–Trinajstić information content (AvgIpc) is 3.42. The highest BCUT2D eigenvalue weighted by atomic mass is 32.1. The number of halogens is 2. The van der Waals surface area contributed by atoms with E-state index in [1.165, 1.54) is 7.05 Å². The fraction of sp³-hybridized carbons (Fsp3) is 0.429. The van der Waals surface area contributed by atoms with Crippen LogP contribution < -0.4 is 15.8 Å². The SMILES string of the molecule is COCC(F)(F)c1nc2sc(N3CCCC3C(=O)NCc3ccccc3)nc2c(=O)n1C. The molecule has 1 aromatic carbocycles. The summed E-state index contributed by atoms with van der Waals surface area (Å²) >= 11 is 1.04. The maximum absolute atomic E-state index is 14.4. The normalized spacial score (nSPS) is 16.6. The minimum atomic E-state index is -3.42. The Balaban J connectivity index is 1.60. The van der Waals surface area contributed by atoms with Gasteiger partial charge < -0.3 is 15.0 Å². The first-order chi connectivity index (χ1) is 15.3. The summed E-state index contributed by atoms with van der Waals surface area (Å²) in [7, 11) is 2.40. The van der Waals surface area contributed by atoms with Gasteiger partial charge in [-0.15, -0.1) is 0 Å². The van der Waals surface area contributed by atoms with E-state index in [4.69, 9.17) is 0 Å². The largest absolute Gasteiger partial charge is 0.378 e. The molecule has 1 amide bonds. The first-order valence-electron chi connectivity index (χ1n) is 10.1. The van der Waals surface area contributed by atoms with Crippen LogP contribution in [0.15, 0.2) is 35.1 Å². The molecular weight excluding hydrogens is 440 g/mol. The zero-order chi connectivity index (χ0) is 22.9. The maximum Gasteiger partial charge on any atom is 0.327 e. The number of carbonyl (C=O) groups is 1. The Kier molecular flexibility index (Phi) is 6.20. The van der Waals surface area contributed by atoms with E-state index in [9.17, 15) is 18.4 Å². The number of anilines is 1. The monoisotopic (exact) mass is 463 g/mol. The van der Waals surface area contributed by atoms with Crippen molar-refractivity contribution in [3.05, 3.63) is 52.1 Å². The van der Waals surface area contributed by atoms with E-state index in [1.807, 2.05) is 35.2 Å². The van der Waals surface area contributed by atoms with Gasteiger partial charge in [0.1, 0.15) is 12.6 Å². The van der Waals surface area contributed by atoms with Crippen LogP contribution in [0.5, 0.6) is 0 Å². The maximum atomic E-state index is 14.4. The molecule has 170 valence electrons. The summed E-state index contributed by atoms with van der Waals surface area (Å²) in [4.78, 5) is 35.9. The molecule has 4 rings (SSSR count). The number of methoxy groups -OCH3 is 1. The number of hydrogen-bond donors (Lipinski definition) is 1. The summed E-state index contributed by atoms with van der Waals surface area (Å²) in [5, 5.41) is 3.36. The highest BCUT2D eigenvalue weighted by Crippen LogP contribution is 2.33. The molecule has 0 saturated carbocycles. The van der Waals surface area contributed by atoms with Gasteiger partial charge in [-0.3, -0.25) is 14.2 Å². The number of fused-ring (bicyclic) bond motifs is 1. The Bertz CT molecular complexity index is 1180. The van der Waals surface area contributed by atoms with Gasteiger partial charge in [0.05, 0.1) is 0 Å². The molecule has 1 aliphatic rings. The predicted molar refractivity (Wildman–Crippen MR) is 117 cm³/mol. The lowest BCUT2D eigenvalue weighted by Gasteiger charge is -2.23. The third-order valence-electron chi connectivity index (χ3n) is 5.39. The van der Waals surface area contributed by atoms with Crippen molar-refractivity contribution in [3.8, 4) is 0 Å². The Morgan fingerprint density at radius 1 is 1.31 bits per heavy atom. The summed E-state index contributed by atoms with van der Waals surface area (Å²) in [6, 6.07) is 9.13. The summed E-state index contributed by atoms with van der Waals surface area (Å²) in [5.41, 5.74) is 0.343. The number of amides is 1. The standard InChI is InChI=1S/C21H23F2N5O3S/c1-27-18(30)15-17(26-19(27)21(22,23)12-31-2)32-20(25-15)28-10-6-9-14(28)16(29)24-11-13-7-4-3-5-8-13/h3-5,7-8,14H,6,9-12H2,1-2H3,(H,24,29). The van der Waals surface area contributed by atoms with Crippen molar-refractivity contribution in [2.75, 3.05) is 25.2 Å². The summed E-state index contributed by atoms with van der Waals surface area (Å²) in [6.07, 6.45) is 1.42. The molecule has 1 fully saturated rings. The van der Waals surface area contributed by atoms with Crippen molar-refractivity contribution in [3.63, 3.8) is 0 Å². The first-order valence-corrected chi connectivity index (χ1v) is 11.0. The van der Waals surface area contributed by atoms with E-state index in [0.717, 1.165) is 35.0 Å². The third kappa shape index (κ3) is 4.22. The second kappa shape index (κ2) is 8.91. The lowest BCUT2D eigenvalue weighted by atomic mass is 10.2. The van der Waals surface area contributed by atoms with E-state index in [1.54, 1.807) is 0 Å². The third-order valence-corrected chi connectivity index (χ3v) is 6.38. The van der Waals surface area contributed by atoms with Gasteiger partial charge in [-0.1, -0.05) is 41.7 Å². The molecular formula is C21H23F2N5O3S. The molecule has 0 bridgehead atoms. The number of alkyl halides is 2. The predicted octanol–water partition coefficient (Wildman–Crippen LogP) is 2.41. The fourth-order valence-electron chi connectivity index (χ4n) is 3.81. The quantitative estimate of drug-likeness (QED) is 0.579. The molecule has 1 aliphatic heterocycles. The smallest absolute Gasteiger partial charge is 0.327 e. The van der Waals surface area contributed by atoms with Gasteiger partial charge in [0.15, 0.2) is 21.3 Å². The molecule has 1 atom stereocenters. The zero-order valence-electron chi connectivity index (χ0n) is 17.7. The van der Waals surface area contributed by atoms with Crippen molar-refractivity contribution in [1.29, 1.82) is 0 Å².